The first-order valence-corrected chi connectivity index (χ1v) is 8.20. The van der Waals surface area contributed by atoms with Crippen LogP contribution < -0.4 is 4.74 Å². The summed E-state index contributed by atoms with van der Waals surface area (Å²) in [5.74, 6) is 2.54. The average molecular weight is 289 g/mol. The maximum absolute atomic E-state index is 10.7. The quantitative estimate of drug-likeness (QED) is 0.798. The summed E-state index contributed by atoms with van der Waals surface area (Å²) in [5, 5.41) is 10.7. The van der Waals surface area contributed by atoms with Gasteiger partial charge in [0.15, 0.2) is 0 Å². The molecule has 3 nitrogen and oxygen atoms in total. The fourth-order valence-corrected chi connectivity index (χ4v) is 3.01. The van der Waals surface area contributed by atoms with Crippen LogP contribution in [0.4, 0.5) is 0 Å². The Morgan fingerprint density at radius 2 is 1.81 bits per heavy atom. The summed E-state index contributed by atoms with van der Waals surface area (Å²) in [5.41, 5.74) is 2.09. The van der Waals surface area contributed by atoms with E-state index in [4.69, 9.17) is 4.74 Å². The summed E-state index contributed by atoms with van der Waals surface area (Å²) in [6.45, 7) is 5.10. The largest absolute Gasteiger partial charge is 0.496 e. The van der Waals surface area contributed by atoms with E-state index >= 15 is 0 Å². The number of nitrogens with zero attached hydrogens (tertiary/aromatic N) is 1. The molecule has 2 aliphatic rings. The minimum absolute atomic E-state index is 0.461. The third-order valence-corrected chi connectivity index (χ3v) is 4.60. The molecule has 0 bridgehead atoms. The molecule has 0 amide bonds. The third-order valence-electron chi connectivity index (χ3n) is 4.60. The molecule has 1 N–H and O–H groups in total. The zero-order chi connectivity index (χ0) is 14.8. The summed E-state index contributed by atoms with van der Waals surface area (Å²) in [6, 6.07) is 6.04. The van der Waals surface area contributed by atoms with E-state index in [1.165, 1.54) is 31.2 Å². The fourth-order valence-electron chi connectivity index (χ4n) is 3.01. The molecule has 1 atom stereocenters. The molecule has 116 valence electrons. The first kappa shape index (κ1) is 14.9. The first-order valence-electron chi connectivity index (χ1n) is 8.20. The van der Waals surface area contributed by atoms with Crippen LogP contribution in [0.1, 0.15) is 42.9 Å². The van der Waals surface area contributed by atoms with Crippen molar-refractivity contribution < 1.29 is 9.84 Å². The number of aryl methyl sites for hydroxylation is 1. The summed E-state index contributed by atoms with van der Waals surface area (Å²) < 4.78 is 5.41. The Bertz CT molecular complexity index is 466. The third kappa shape index (κ3) is 4.21. The molecular weight excluding hydrogens is 262 g/mol. The molecule has 1 aromatic rings. The van der Waals surface area contributed by atoms with E-state index < -0.39 is 6.10 Å². The van der Waals surface area contributed by atoms with E-state index in [0.29, 0.717) is 0 Å². The van der Waals surface area contributed by atoms with E-state index in [1.807, 2.05) is 12.1 Å². The number of benzene rings is 1. The van der Waals surface area contributed by atoms with E-state index in [0.717, 1.165) is 42.8 Å². The van der Waals surface area contributed by atoms with Crippen LogP contribution in [0.5, 0.6) is 5.75 Å². The van der Waals surface area contributed by atoms with Gasteiger partial charge in [-0.25, -0.2) is 0 Å². The van der Waals surface area contributed by atoms with Gasteiger partial charge in [-0.1, -0.05) is 11.6 Å². The van der Waals surface area contributed by atoms with Gasteiger partial charge in [-0.15, -0.1) is 0 Å². The van der Waals surface area contributed by atoms with Gasteiger partial charge < -0.3 is 9.84 Å². The monoisotopic (exact) mass is 289 g/mol. The Morgan fingerprint density at radius 1 is 1.19 bits per heavy atom. The van der Waals surface area contributed by atoms with Crippen molar-refractivity contribution in [1.82, 2.24) is 4.90 Å². The normalized spacial score (nSPS) is 19.8. The number of hydrogen-bond acceptors (Lipinski definition) is 3. The SMILES string of the molecule is COc1ccc(C)cc1C(O)CN(CC1CC1)CC1CC1. The Hall–Kier alpha value is -1.06. The second kappa shape index (κ2) is 6.37. The van der Waals surface area contributed by atoms with Gasteiger partial charge in [0, 0.05) is 25.2 Å². The maximum atomic E-state index is 10.7. The Morgan fingerprint density at radius 3 is 2.33 bits per heavy atom. The summed E-state index contributed by atoms with van der Waals surface area (Å²) in [7, 11) is 1.67. The van der Waals surface area contributed by atoms with E-state index in [1.54, 1.807) is 7.11 Å². The molecule has 0 aliphatic heterocycles. The molecule has 2 aliphatic carbocycles. The Kier molecular flexibility index (Phi) is 4.51. The molecule has 2 fully saturated rings. The lowest BCUT2D eigenvalue weighted by molar-refractivity contribution is 0.105. The molecule has 0 radical (unpaired) electrons. The molecule has 0 aromatic heterocycles. The number of rotatable bonds is 8. The van der Waals surface area contributed by atoms with E-state index in [9.17, 15) is 5.11 Å². The summed E-state index contributed by atoms with van der Waals surface area (Å²) in [4.78, 5) is 2.47. The van der Waals surface area contributed by atoms with Crippen LogP contribution >= 0.6 is 0 Å². The van der Waals surface area contributed by atoms with Gasteiger partial charge in [0.2, 0.25) is 0 Å². The molecule has 0 saturated heterocycles. The highest BCUT2D eigenvalue weighted by Gasteiger charge is 2.30. The highest BCUT2D eigenvalue weighted by molar-refractivity contribution is 5.38. The zero-order valence-corrected chi connectivity index (χ0v) is 13.2. The molecule has 3 rings (SSSR count). The second-order valence-corrected chi connectivity index (χ2v) is 6.87. The van der Waals surface area contributed by atoms with E-state index in [2.05, 4.69) is 17.9 Å². The zero-order valence-electron chi connectivity index (χ0n) is 13.2. The number of methoxy groups -OCH3 is 1. The van der Waals surface area contributed by atoms with Crippen LogP contribution in [0.15, 0.2) is 18.2 Å². The highest BCUT2D eigenvalue weighted by Crippen LogP contribution is 2.35. The molecule has 2 saturated carbocycles. The molecule has 21 heavy (non-hydrogen) atoms. The van der Waals surface area contributed by atoms with Gasteiger partial charge in [0.05, 0.1) is 13.2 Å². The average Bonchev–Trinajstić information content (AvgIpc) is 3.35. The van der Waals surface area contributed by atoms with Crippen molar-refractivity contribution >= 4 is 0 Å². The van der Waals surface area contributed by atoms with Crippen molar-refractivity contribution in [3.05, 3.63) is 29.3 Å². The number of hydrogen-bond donors (Lipinski definition) is 1. The molecule has 0 heterocycles. The van der Waals surface area contributed by atoms with Crippen molar-refractivity contribution in [2.75, 3.05) is 26.7 Å². The minimum Gasteiger partial charge on any atom is -0.496 e. The van der Waals surface area contributed by atoms with Crippen molar-refractivity contribution in [3.63, 3.8) is 0 Å². The number of aliphatic hydroxyl groups is 1. The molecule has 1 unspecified atom stereocenters. The smallest absolute Gasteiger partial charge is 0.124 e. The minimum atomic E-state index is -0.461. The van der Waals surface area contributed by atoms with E-state index in [-0.39, 0.29) is 0 Å². The standard InChI is InChI=1S/C18H27NO2/c1-13-3-8-18(21-2)16(9-13)17(20)12-19(10-14-4-5-14)11-15-6-7-15/h3,8-9,14-15,17,20H,4-7,10-12H2,1-2H3. The predicted octanol–water partition coefficient (Wildman–Crippen LogP) is 3.16. The van der Waals surface area contributed by atoms with Gasteiger partial charge in [-0.05, 0) is 56.6 Å². The van der Waals surface area contributed by atoms with Crippen molar-refractivity contribution in [2.45, 2.75) is 38.7 Å². The lowest BCUT2D eigenvalue weighted by atomic mass is 10.0. The van der Waals surface area contributed by atoms with Crippen LogP contribution in [-0.2, 0) is 0 Å². The lowest BCUT2D eigenvalue weighted by Gasteiger charge is -2.26. The topological polar surface area (TPSA) is 32.7 Å². The fraction of sp³-hybridized carbons (Fsp3) is 0.667. The van der Waals surface area contributed by atoms with Crippen LogP contribution in [0.3, 0.4) is 0 Å². The van der Waals surface area contributed by atoms with Gasteiger partial charge in [-0.2, -0.15) is 0 Å². The van der Waals surface area contributed by atoms with Gasteiger partial charge >= 0.3 is 0 Å². The Labute approximate surface area is 127 Å². The lowest BCUT2D eigenvalue weighted by Crippen LogP contribution is -2.32. The van der Waals surface area contributed by atoms with Crippen LogP contribution in [0, 0.1) is 18.8 Å². The number of ether oxygens (including phenoxy) is 1. The molecule has 1 aromatic carbocycles. The molecule has 0 spiro atoms. The predicted molar refractivity (Wildman–Crippen MR) is 84.6 cm³/mol. The maximum Gasteiger partial charge on any atom is 0.124 e. The highest BCUT2D eigenvalue weighted by atomic mass is 16.5. The van der Waals surface area contributed by atoms with Crippen LogP contribution in [-0.4, -0.2) is 36.8 Å². The second-order valence-electron chi connectivity index (χ2n) is 6.87. The summed E-state index contributed by atoms with van der Waals surface area (Å²) >= 11 is 0. The molecular formula is C18H27NO2. The number of aliphatic hydroxyl groups excluding tert-OH is 1. The van der Waals surface area contributed by atoms with Gasteiger partial charge in [-0.3, -0.25) is 4.90 Å². The van der Waals surface area contributed by atoms with Crippen molar-refractivity contribution in [1.29, 1.82) is 0 Å². The first-order chi connectivity index (χ1) is 10.2. The van der Waals surface area contributed by atoms with Gasteiger partial charge in [0.25, 0.3) is 0 Å². The summed E-state index contributed by atoms with van der Waals surface area (Å²) in [6.07, 6.45) is 5.00. The van der Waals surface area contributed by atoms with Gasteiger partial charge in [0.1, 0.15) is 5.75 Å². The van der Waals surface area contributed by atoms with Crippen LogP contribution in [0.2, 0.25) is 0 Å². The molecule has 3 heteroatoms. The van der Waals surface area contributed by atoms with Crippen LogP contribution in [0.25, 0.3) is 0 Å². The van der Waals surface area contributed by atoms with Crippen molar-refractivity contribution in [3.8, 4) is 5.75 Å². The van der Waals surface area contributed by atoms with Crippen molar-refractivity contribution in [2.24, 2.45) is 11.8 Å². The Balaban J connectivity index is 1.66.